The number of nitrogens with one attached hydrogen (secondary N) is 1. The van der Waals surface area contributed by atoms with Gasteiger partial charge in [0.25, 0.3) is 0 Å². The topological polar surface area (TPSA) is 81.4 Å². The van der Waals surface area contributed by atoms with Gasteiger partial charge in [0.15, 0.2) is 5.78 Å². The molecule has 0 amide bonds. The van der Waals surface area contributed by atoms with E-state index in [1.807, 2.05) is 13.8 Å². The lowest BCUT2D eigenvalue weighted by atomic mass is 10.0. The monoisotopic (exact) mass is 264 g/mol. The van der Waals surface area contributed by atoms with Crippen LogP contribution >= 0.6 is 0 Å². The number of benzene rings is 1. The lowest BCUT2D eigenvalue weighted by Crippen LogP contribution is -2.35. The Labute approximate surface area is 113 Å². The molecule has 0 aromatic heterocycles. The van der Waals surface area contributed by atoms with Crippen molar-refractivity contribution in [3.05, 3.63) is 23.8 Å². The quantitative estimate of drug-likeness (QED) is 0.483. The molecular weight excluding hydrogens is 244 g/mol. The molecule has 3 N–H and O–H groups in total. The highest BCUT2D eigenvalue weighted by atomic mass is 16.5. The van der Waals surface area contributed by atoms with Crippen molar-refractivity contribution in [1.29, 1.82) is 0 Å². The van der Waals surface area contributed by atoms with Crippen LogP contribution in [0.25, 0.3) is 0 Å². The third kappa shape index (κ3) is 3.71. The number of hydrogen-bond donors (Lipinski definition) is 2. The Bertz CT molecular complexity index is 484. The minimum atomic E-state index is -0.464. The maximum absolute atomic E-state index is 11.7. The molecule has 0 saturated carbocycles. The fourth-order valence-corrected chi connectivity index (χ4v) is 1.76. The van der Waals surface area contributed by atoms with Gasteiger partial charge in [0.05, 0.1) is 7.11 Å². The highest BCUT2D eigenvalue weighted by molar-refractivity contribution is 6.00. The van der Waals surface area contributed by atoms with Crippen molar-refractivity contribution in [1.82, 2.24) is 0 Å². The number of nitrogens with two attached hydrogens (primary N) is 1. The van der Waals surface area contributed by atoms with E-state index in [0.29, 0.717) is 16.9 Å². The summed E-state index contributed by atoms with van der Waals surface area (Å²) >= 11 is 0. The smallest absolute Gasteiger partial charge is 0.328 e. The molecule has 0 aliphatic rings. The Morgan fingerprint density at radius 3 is 2.42 bits per heavy atom. The molecule has 0 saturated heterocycles. The minimum absolute atomic E-state index is 0.0609. The molecule has 1 aromatic rings. The number of carbonyl (C=O) groups excluding carboxylic acids is 2. The first-order chi connectivity index (χ1) is 8.86. The molecule has 5 heteroatoms. The number of nitrogen functional groups attached to an aromatic ring is 1. The Morgan fingerprint density at radius 2 is 1.95 bits per heavy atom. The molecule has 1 atom stereocenters. The molecule has 0 heterocycles. The van der Waals surface area contributed by atoms with Crippen LogP contribution in [0.2, 0.25) is 0 Å². The molecule has 0 fully saturated rings. The average Bonchev–Trinajstić information content (AvgIpc) is 2.36. The largest absolute Gasteiger partial charge is 0.467 e. The third-order valence-corrected chi connectivity index (χ3v) is 2.88. The number of Topliss-reactive ketones (excluding diaryl/α,β-unsaturated/α-hetero) is 1. The van der Waals surface area contributed by atoms with Gasteiger partial charge in [0.2, 0.25) is 0 Å². The van der Waals surface area contributed by atoms with Crippen molar-refractivity contribution in [2.45, 2.75) is 26.8 Å². The Hall–Kier alpha value is -2.04. The Morgan fingerprint density at radius 1 is 1.32 bits per heavy atom. The predicted octanol–water partition coefficient (Wildman–Crippen LogP) is 2.08. The molecule has 5 nitrogen and oxygen atoms in total. The van der Waals surface area contributed by atoms with Gasteiger partial charge < -0.3 is 15.8 Å². The van der Waals surface area contributed by atoms with Crippen molar-refractivity contribution in [2.24, 2.45) is 5.92 Å². The van der Waals surface area contributed by atoms with Gasteiger partial charge in [-0.15, -0.1) is 0 Å². The summed E-state index contributed by atoms with van der Waals surface area (Å²) in [5.41, 5.74) is 7.27. The van der Waals surface area contributed by atoms with Gasteiger partial charge in [-0.05, 0) is 31.0 Å². The summed E-state index contributed by atoms with van der Waals surface area (Å²) in [5.74, 6) is -0.387. The van der Waals surface area contributed by atoms with E-state index in [-0.39, 0.29) is 17.7 Å². The van der Waals surface area contributed by atoms with Crippen LogP contribution in [-0.4, -0.2) is 24.9 Å². The van der Waals surface area contributed by atoms with Gasteiger partial charge in [0, 0.05) is 16.9 Å². The number of carbonyl (C=O) groups is 2. The second-order valence-corrected chi connectivity index (χ2v) is 4.75. The number of anilines is 2. The third-order valence-electron chi connectivity index (χ3n) is 2.88. The summed E-state index contributed by atoms with van der Waals surface area (Å²) in [4.78, 5) is 23.1. The molecule has 1 rings (SSSR count). The standard InChI is InChI=1S/C14H20N2O3/c1-8(2)13(14(18)19-4)16-10-5-6-12(15)11(7-10)9(3)17/h5-8,13,16H,15H2,1-4H3. The Balaban J connectivity index is 3.00. The molecule has 0 aliphatic heterocycles. The van der Waals surface area contributed by atoms with Crippen LogP contribution in [0, 0.1) is 5.92 Å². The lowest BCUT2D eigenvalue weighted by molar-refractivity contribution is -0.142. The van der Waals surface area contributed by atoms with E-state index in [2.05, 4.69) is 5.32 Å². The molecule has 104 valence electrons. The molecule has 0 spiro atoms. The summed E-state index contributed by atoms with van der Waals surface area (Å²) in [5, 5.41) is 3.07. The zero-order valence-corrected chi connectivity index (χ0v) is 11.7. The van der Waals surface area contributed by atoms with E-state index < -0.39 is 6.04 Å². The van der Waals surface area contributed by atoms with Gasteiger partial charge in [-0.2, -0.15) is 0 Å². The van der Waals surface area contributed by atoms with E-state index in [4.69, 9.17) is 10.5 Å². The summed E-state index contributed by atoms with van der Waals surface area (Å²) in [6.45, 7) is 5.28. The number of hydrogen-bond acceptors (Lipinski definition) is 5. The van der Waals surface area contributed by atoms with Gasteiger partial charge >= 0.3 is 5.97 Å². The van der Waals surface area contributed by atoms with Crippen LogP contribution in [0.1, 0.15) is 31.1 Å². The van der Waals surface area contributed by atoms with Crippen molar-refractivity contribution >= 4 is 23.1 Å². The molecule has 1 aromatic carbocycles. The number of esters is 1. The molecule has 0 aliphatic carbocycles. The second kappa shape index (κ2) is 6.22. The van der Waals surface area contributed by atoms with Gasteiger partial charge in [0.1, 0.15) is 6.04 Å². The Kier molecular flexibility index (Phi) is 4.92. The molecule has 19 heavy (non-hydrogen) atoms. The molecular formula is C14H20N2O3. The van der Waals surface area contributed by atoms with Crippen molar-refractivity contribution in [3.8, 4) is 0 Å². The van der Waals surface area contributed by atoms with E-state index >= 15 is 0 Å². The van der Waals surface area contributed by atoms with Gasteiger partial charge in [-0.1, -0.05) is 13.8 Å². The zero-order valence-electron chi connectivity index (χ0n) is 11.7. The van der Waals surface area contributed by atoms with Crippen molar-refractivity contribution in [3.63, 3.8) is 0 Å². The number of ketones is 1. The molecule has 0 radical (unpaired) electrons. The fraction of sp³-hybridized carbons (Fsp3) is 0.429. The lowest BCUT2D eigenvalue weighted by Gasteiger charge is -2.21. The van der Waals surface area contributed by atoms with Crippen LogP contribution in [-0.2, 0) is 9.53 Å². The first kappa shape index (κ1) is 15.0. The normalized spacial score (nSPS) is 12.1. The van der Waals surface area contributed by atoms with Crippen LogP contribution in [0.15, 0.2) is 18.2 Å². The SMILES string of the molecule is COC(=O)C(Nc1ccc(N)c(C(C)=O)c1)C(C)C. The van der Waals surface area contributed by atoms with Crippen LogP contribution < -0.4 is 11.1 Å². The zero-order chi connectivity index (χ0) is 14.6. The number of methoxy groups -OCH3 is 1. The summed E-state index contributed by atoms with van der Waals surface area (Å²) in [7, 11) is 1.35. The summed E-state index contributed by atoms with van der Waals surface area (Å²) in [6.07, 6.45) is 0. The van der Waals surface area contributed by atoms with E-state index in [1.54, 1.807) is 18.2 Å². The van der Waals surface area contributed by atoms with E-state index in [1.165, 1.54) is 14.0 Å². The van der Waals surface area contributed by atoms with Crippen molar-refractivity contribution in [2.75, 3.05) is 18.2 Å². The maximum Gasteiger partial charge on any atom is 0.328 e. The molecule has 1 unspecified atom stereocenters. The summed E-state index contributed by atoms with van der Waals surface area (Å²) in [6, 6.07) is 4.57. The van der Waals surface area contributed by atoms with Crippen molar-refractivity contribution < 1.29 is 14.3 Å². The van der Waals surface area contributed by atoms with Crippen LogP contribution in [0.4, 0.5) is 11.4 Å². The highest BCUT2D eigenvalue weighted by Gasteiger charge is 2.23. The maximum atomic E-state index is 11.7. The van der Waals surface area contributed by atoms with Crippen LogP contribution in [0.3, 0.4) is 0 Å². The first-order valence-electron chi connectivity index (χ1n) is 6.11. The highest BCUT2D eigenvalue weighted by Crippen LogP contribution is 2.20. The number of rotatable bonds is 5. The first-order valence-corrected chi connectivity index (χ1v) is 6.11. The van der Waals surface area contributed by atoms with E-state index in [9.17, 15) is 9.59 Å². The summed E-state index contributed by atoms with van der Waals surface area (Å²) < 4.78 is 4.75. The van der Waals surface area contributed by atoms with Gasteiger partial charge in [-0.3, -0.25) is 4.79 Å². The fourth-order valence-electron chi connectivity index (χ4n) is 1.76. The predicted molar refractivity (Wildman–Crippen MR) is 75.1 cm³/mol. The van der Waals surface area contributed by atoms with Gasteiger partial charge in [-0.25, -0.2) is 4.79 Å². The van der Waals surface area contributed by atoms with E-state index in [0.717, 1.165) is 0 Å². The average molecular weight is 264 g/mol. The minimum Gasteiger partial charge on any atom is -0.467 e. The van der Waals surface area contributed by atoms with Crippen LogP contribution in [0.5, 0.6) is 0 Å². The molecule has 0 bridgehead atoms. The second-order valence-electron chi connectivity index (χ2n) is 4.75. The number of ether oxygens (including phenoxy) is 1.